The van der Waals surface area contributed by atoms with Gasteiger partial charge in [0.15, 0.2) is 6.61 Å². The van der Waals surface area contributed by atoms with Gasteiger partial charge in [0.05, 0.1) is 0 Å². The average molecular weight is 395 g/mol. The lowest BCUT2D eigenvalue weighted by Crippen LogP contribution is -2.43. The van der Waals surface area contributed by atoms with Crippen molar-refractivity contribution in [3.05, 3.63) is 88.9 Å². The second-order valence-corrected chi connectivity index (χ2v) is 6.58. The molecule has 0 spiro atoms. The summed E-state index contributed by atoms with van der Waals surface area (Å²) in [5.41, 5.74) is 8.05. The third-order valence-corrected chi connectivity index (χ3v) is 4.30. The Morgan fingerprint density at radius 2 is 1.57 bits per heavy atom. The van der Waals surface area contributed by atoms with Crippen LogP contribution in [0.15, 0.2) is 72.8 Å². The zero-order valence-electron chi connectivity index (χ0n) is 15.2. The van der Waals surface area contributed by atoms with Crippen LogP contribution in [0.4, 0.5) is 0 Å². The van der Waals surface area contributed by atoms with Crippen LogP contribution in [-0.4, -0.2) is 18.4 Å². The summed E-state index contributed by atoms with van der Waals surface area (Å²) in [6, 6.07) is 22.1. The van der Waals surface area contributed by atoms with E-state index in [-0.39, 0.29) is 6.61 Å². The second-order valence-electron chi connectivity index (χ2n) is 6.14. The standard InChI is InChI=1S/C22H19ClN2O3/c1-15-13-19(23)11-12-20(15)28-14-21(26)24-25-22(27)18-9-7-17(8-10-18)16-5-3-2-4-6-16/h2-13H,14H2,1H3,(H,24,26)(H,25,27). The Morgan fingerprint density at radius 3 is 2.25 bits per heavy atom. The molecule has 3 rings (SSSR count). The van der Waals surface area contributed by atoms with E-state index in [4.69, 9.17) is 16.3 Å². The molecule has 0 aliphatic rings. The third-order valence-electron chi connectivity index (χ3n) is 4.07. The van der Waals surface area contributed by atoms with Crippen LogP contribution in [-0.2, 0) is 4.79 Å². The van der Waals surface area contributed by atoms with E-state index >= 15 is 0 Å². The van der Waals surface area contributed by atoms with Crippen LogP contribution in [0.3, 0.4) is 0 Å². The maximum atomic E-state index is 12.2. The van der Waals surface area contributed by atoms with Crippen molar-refractivity contribution >= 4 is 23.4 Å². The number of hydrogen-bond acceptors (Lipinski definition) is 3. The van der Waals surface area contributed by atoms with Crippen molar-refractivity contribution < 1.29 is 14.3 Å². The first-order valence-corrected chi connectivity index (χ1v) is 9.04. The molecule has 5 nitrogen and oxygen atoms in total. The molecule has 0 aliphatic heterocycles. The van der Waals surface area contributed by atoms with E-state index in [0.29, 0.717) is 16.3 Å². The minimum Gasteiger partial charge on any atom is -0.483 e. The van der Waals surface area contributed by atoms with Crippen LogP contribution in [0.25, 0.3) is 11.1 Å². The molecule has 0 bridgehead atoms. The molecule has 3 aromatic rings. The molecular formula is C22H19ClN2O3. The van der Waals surface area contributed by atoms with E-state index in [1.807, 2.05) is 49.4 Å². The van der Waals surface area contributed by atoms with E-state index in [0.717, 1.165) is 16.7 Å². The average Bonchev–Trinajstić information content (AvgIpc) is 2.72. The molecule has 0 fully saturated rings. The lowest BCUT2D eigenvalue weighted by molar-refractivity contribution is -0.123. The van der Waals surface area contributed by atoms with Crippen molar-refractivity contribution in [2.24, 2.45) is 0 Å². The number of hydrogen-bond donors (Lipinski definition) is 2. The Labute approximate surface area is 168 Å². The number of carbonyl (C=O) groups excluding carboxylic acids is 2. The monoisotopic (exact) mass is 394 g/mol. The van der Waals surface area contributed by atoms with Gasteiger partial charge in [-0.2, -0.15) is 0 Å². The predicted octanol–water partition coefficient (Wildman–Crippen LogP) is 4.16. The molecule has 142 valence electrons. The summed E-state index contributed by atoms with van der Waals surface area (Å²) in [5.74, 6) is -0.318. The summed E-state index contributed by atoms with van der Waals surface area (Å²) in [7, 11) is 0. The first-order valence-electron chi connectivity index (χ1n) is 8.66. The van der Waals surface area contributed by atoms with Crippen LogP contribution < -0.4 is 15.6 Å². The van der Waals surface area contributed by atoms with Crippen molar-refractivity contribution in [3.8, 4) is 16.9 Å². The van der Waals surface area contributed by atoms with Crippen molar-refractivity contribution in [1.82, 2.24) is 10.9 Å². The highest BCUT2D eigenvalue weighted by Gasteiger charge is 2.09. The molecule has 0 saturated heterocycles. The molecule has 0 unspecified atom stereocenters. The van der Waals surface area contributed by atoms with Crippen LogP contribution >= 0.6 is 11.6 Å². The largest absolute Gasteiger partial charge is 0.483 e. The van der Waals surface area contributed by atoms with Crippen molar-refractivity contribution in [1.29, 1.82) is 0 Å². The Kier molecular flexibility index (Phi) is 6.29. The lowest BCUT2D eigenvalue weighted by Gasteiger charge is -2.11. The van der Waals surface area contributed by atoms with E-state index in [1.165, 1.54) is 0 Å². The summed E-state index contributed by atoms with van der Waals surface area (Å²) in [5, 5.41) is 0.597. The Morgan fingerprint density at radius 1 is 0.893 bits per heavy atom. The van der Waals surface area contributed by atoms with Gasteiger partial charge in [-0.25, -0.2) is 0 Å². The summed E-state index contributed by atoms with van der Waals surface area (Å²) in [6.45, 7) is 1.61. The van der Waals surface area contributed by atoms with Crippen LogP contribution in [0.5, 0.6) is 5.75 Å². The van der Waals surface area contributed by atoms with Gasteiger partial charge in [0.25, 0.3) is 11.8 Å². The molecule has 0 saturated carbocycles. The maximum absolute atomic E-state index is 12.2. The number of aryl methyl sites for hydroxylation is 1. The maximum Gasteiger partial charge on any atom is 0.276 e. The number of hydrazine groups is 1. The quantitative estimate of drug-likeness (QED) is 0.638. The number of rotatable bonds is 5. The highest BCUT2D eigenvalue weighted by Crippen LogP contribution is 2.21. The minimum atomic E-state index is -0.469. The molecule has 0 radical (unpaired) electrons. The molecule has 0 atom stereocenters. The number of benzene rings is 3. The SMILES string of the molecule is Cc1cc(Cl)ccc1OCC(=O)NNC(=O)c1ccc(-c2ccccc2)cc1. The van der Waals surface area contributed by atoms with Gasteiger partial charge in [-0.3, -0.25) is 20.4 Å². The Balaban J connectivity index is 1.50. The highest BCUT2D eigenvalue weighted by molar-refractivity contribution is 6.30. The van der Waals surface area contributed by atoms with Gasteiger partial charge < -0.3 is 4.74 Å². The molecule has 6 heteroatoms. The number of carbonyl (C=O) groups is 2. The third kappa shape index (κ3) is 5.11. The fraction of sp³-hybridized carbons (Fsp3) is 0.0909. The van der Waals surface area contributed by atoms with Gasteiger partial charge in [-0.1, -0.05) is 54.1 Å². The van der Waals surface area contributed by atoms with E-state index in [9.17, 15) is 9.59 Å². The van der Waals surface area contributed by atoms with E-state index in [2.05, 4.69) is 10.9 Å². The molecule has 2 amide bonds. The van der Waals surface area contributed by atoms with Gasteiger partial charge in [0.2, 0.25) is 0 Å². The molecular weight excluding hydrogens is 376 g/mol. The molecule has 28 heavy (non-hydrogen) atoms. The van der Waals surface area contributed by atoms with Gasteiger partial charge in [0, 0.05) is 10.6 Å². The Hall–Kier alpha value is -3.31. The van der Waals surface area contributed by atoms with Crippen LogP contribution in [0.1, 0.15) is 15.9 Å². The first-order chi connectivity index (χ1) is 13.5. The van der Waals surface area contributed by atoms with Crippen molar-refractivity contribution in [2.75, 3.05) is 6.61 Å². The van der Waals surface area contributed by atoms with Gasteiger partial charge in [-0.05, 0) is 53.9 Å². The first kappa shape index (κ1) is 19.5. The van der Waals surface area contributed by atoms with Crippen molar-refractivity contribution in [3.63, 3.8) is 0 Å². The van der Waals surface area contributed by atoms with E-state index < -0.39 is 11.8 Å². The molecule has 3 aromatic carbocycles. The predicted molar refractivity (Wildman–Crippen MR) is 109 cm³/mol. The number of halogens is 1. The number of ether oxygens (including phenoxy) is 1. The van der Waals surface area contributed by atoms with Crippen LogP contribution in [0, 0.1) is 6.92 Å². The van der Waals surface area contributed by atoms with Gasteiger partial charge in [0.1, 0.15) is 5.75 Å². The van der Waals surface area contributed by atoms with Gasteiger partial charge >= 0.3 is 0 Å². The summed E-state index contributed by atoms with van der Waals surface area (Å²) < 4.78 is 5.43. The molecule has 0 aromatic heterocycles. The Bertz CT molecular complexity index is 973. The smallest absolute Gasteiger partial charge is 0.276 e. The zero-order valence-corrected chi connectivity index (χ0v) is 16.0. The second kappa shape index (κ2) is 9.06. The molecule has 0 heterocycles. The summed E-state index contributed by atoms with van der Waals surface area (Å²) in [4.78, 5) is 24.1. The van der Waals surface area contributed by atoms with Crippen molar-refractivity contribution in [2.45, 2.75) is 6.92 Å². The number of amides is 2. The van der Waals surface area contributed by atoms with Gasteiger partial charge in [-0.15, -0.1) is 0 Å². The molecule has 0 aliphatic carbocycles. The zero-order chi connectivity index (χ0) is 19.9. The summed E-state index contributed by atoms with van der Waals surface area (Å²) in [6.07, 6.45) is 0. The number of nitrogens with one attached hydrogen (secondary N) is 2. The minimum absolute atomic E-state index is 0.226. The topological polar surface area (TPSA) is 67.4 Å². The van der Waals surface area contributed by atoms with Crippen LogP contribution in [0.2, 0.25) is 5.02 Å². The highest BCUT2D eigenvalue weighted by atomic mass is 35.5. The molecule has 2 N–H and O–H groups in total. The lowest BCUT2D eigenvalue weighted by atomic mass is 10.0. The summed E-state index contributed by atoms with van der Waals surface area (Å²) >= 11 is 5.88. The van der Waals surface area contributed by atoms with E-state index in [1.54, 1.807) is 30.3 Å². The fourth-order valence-corrected chi connectivity index (χ4v) is 2.82. The fourth-order valence-electron chi connectivity index (χ4n) is 2.60. The normalized spacial score (nSPS) is 10.2.